The predicted octanol–water partition coefficient (Wildman–Crippen LogP) is 2.05. The van der Waals surface area contributed by atoms with Crippen LogP contribution in [-0.2, 0) is 21.2 Å². The highest BCUT2D eigenvalue weighted by Crippen LogP contribution is 2.13. The second-order valence-electron chi connectivity index (χ2n) is 5.43. The first-order chi connectivity index (χ1) is 12.0. The normalized spacial score (nSPS) is 10.8. The molecule has 1 amide bonds. The van der Waals surface area contributed by atoms with Crippen LogP contribution < -0.4 is 10.0 Å². The minimum Gasteiger partial charge on any atom is -0.324 e. The number of hydrogen-bond acceptors (Lipinski definition) is 4. The molecule has 2 N–H and O–H groups in total. The molecular formula is C18H19N3O3S. The summed E-state index contributed by atoms with van der Waals surface area (Å²) in [5.41, 5.74) is 1.75. The van der Waals surface area contributed by atoms with E-state index in [4.69, 9.17) is 5.26 Å². The molecule has 7 heteroatoms. The lowest BCUT2D eigenvalue weighted by Crippen LogP contribution is -2.34. The van der Waals surface area contributed by atoms with Gasteiger partial charge in [0.05, 0.1) is 23.5 Å². The molecule has 0 unspecified atom stereocenters. The third kappa shape index (κ3) is 6.37. The third-order valence-corrected chi connectivity index (χ3v) is 4.91. The molecule has 2 rings (SSSR count). The van der Waals surface area contributed by atoms with E-state index in [-0.39, 0.29) is 12.3 Å². The molecule has 0 atom stereocenters. The molecule has 130 valence electrons. The number of carbonyl (C=O) groups excluding carboxylic acids is 1. The Morgan fingerprint density at radius 2 is 1.72 bits per heavy atom. The fraction of sp³-hybridized carbons (Fsp3) is 0.222. The van der Waals surface area contributed by atoms with E-state index in [9.17, 15) is 13.2 Å². The number of nitrogens with zero attached hydrogens (tertiary/aromatic N) is 1. The number of nitrogens with one attached hydrogen (secondary N) is 2. The first-order valence-corrected chi connectivity index (χ1v) is 9.45. The zero-order valence-corrected chi connectivity index (χ0v) is 14.4. The van der Waals surface area contributed by atoms with Gasteiger partial charge in [0.25, 0.3) is 0 Å². The van der Waals surface area contributed by atoms with Crippen molar-refractivity contribution in [3.63, 3.8) is 0 Å². The Balaban J connectivity index is 1.79. The summed E-state index contributed by atoms with van der Waals surface area (Å²) in [6.45, 7) is -0.368. The smallest absolute Gasteiger partial charge is 0.239 e. The van der Waals surface area contributed by atoms with Gasteiger partial charge in [-0.1, -0.05) is 42.5 Å². The van der Waals surface area contributed by atoms with Crippen LogP contribution in [0.2, 0.25) is 0 Å². The molecule has 0 fully saturated rings. The summed E-state index contributed by atoms with van der Waals surface area (Å²) in [5, 5.41) is 11.5. The van der Waals surface area contributed by atoms with Gasteiger partial charge in [0.2, 0.25) is 15.9 Å². The molecule has 0 aliphatic rings. The average molecular weight is 357 g/mol. The van der Waals surface area contributed by atoms with Crippen LogP contribution in [0.5, 0.6) is 0 Å². The molecular weight excluding hydrogens is 338 g/mol. The Kier molecular flexibility index (Phi) is 6.69. The third-order valence-electron chi connectivity index (χ3n) is 3.50. The number of aryl methyl sites for hydroxylation is 1. The monoisotopic (exact) mass is 357 g/mol. The Hall–Kier alpha value is -2.69. The van der Waals surface area contributed by atoms with Crippen molar-refractivity contribution in [2.45, 2.75) is 12.8 Å². The van der Waals surface area contributed by atoms with E-state index in [0.717, 1.165) is 5.56 Å². The quantitative estimate of drug-likeness (QED) is 0.755. The van der Waals surface area contributed by atoms with Crippen molar-refractivity contribution in [3.05, 3.63) is 65.7 Å². The van der Waals surface area contributed by atoms with Gasteiger partial charge in [-0.25, -0.2) is 13.1 Å². The number of hydrogen-bond donors (Lipinski definition) is 2. The summed E-state index contributed by atoms with van der Waals surface area (Å²) in [6, 6.07) is 18.1. The van der Waals surface area contributed by atoms with E-state index in [0.29, 0.717) is 24.1 Å². The molecule has 0 saturated heterocycles. The SMILES string of the molecule is N#Cc1ccccc1NC(=O)CNS(=O)(=O)CCCc1ccccc1. The van der Waals surface area contributed by atoms with E-state index in [1.807, 2.05) is 36.4 Å². The molecule has 2 aromatic carbocycles. The minimum absolute atomic E-state index is 0.0516. The first kappa shape index (κ1) is 18.6. The Morgan fingerprint density at radius 3 is 2.44 bits per heavy atom. The van der Waals surface area contributed by atoms with E-state index in [2.05, 4.69) is 10.0 Å². The Morgan fingerprint density at radius 1 is 1.04 bits per heavy atom. The van der Waals surface area contributed by atoms with Crippen molar-refractivity contribution in [1.82, 2.24) is 4.72 Å². The van der Waals surface area contributed by atoms with Crippen LogP contribution in [0.4, 0.5) is 5.69 Å². The molecule has 0 aromatic heterocycles. The van der Waals surface area contributed by atoms with Crippen molar-refractivity contribution in [3.8, 4) is 6.07 Å². The zero-order valence-electron chi connectivity index (χ0n) is 13.6. The van der Waals surface area contributed by atoms with Crippen LogP contribution in [0.25, 0.3) is 0 Å². The van der Waals surface area contributed by atoms with E-state index in [1.165, 1.54) is 0 Å². The van der Waals surface area contributed by atoms with Gasteiger partial charge < -0.3 is 5.32 Å². The van der Waals surface area contributed by atoms with Gasteiger partial charge in [-0.3, -0.25) is 4.79 Å². The number of anilines is 1. The lowest BCUT2D eigenvalue weighted by molar-refractivity contribution is -0.115. The standard InChI is InChI=1S/C18H19N3O3S/c19-13-16-10-4-5-11-17(16)21-18(22)14-20-25(23,24)12-6-9-15-7-2-1-3-8-15/h1-5,7-8,10-11,20H,6,9,12,14H2,(H,21,22). The van der Waals surface area contributed by atoms with Gasteiger partial charge in [0.1, 0.15) is 6.07 Å². The largest absolute Gasteiger partial charge is 0.324 e. The zero-order chi connectivity index (χ0) is 18.1. The van der Waals surface area contributed by atoms with Gasteiger partial charge >= 0.3 is 0 Å². The van der Waals surface area contributed by atoms with Crippen LogP contribution in [-0.4, -0.2) is 26.6 Å². The predicted molar refractivity (Wildman–Crippen MR) is 96.3 cm³/mol. The van der Waals surface area contributed by atoms with Gasteiger partial charge in [0, 0.05) is 0 Å². The molecule has 0 spiro atoms. The summed E-state index contributed by atoms with van der Waals surface area (Å²) in [5.74, 6) is -0.571. The van der Waals surface area contributed by atoms with Gasteiger partial charge in [0.15, 0.2) is 0 Å². The maximum Gasteiger partial charge on any atom is 0.239 e. The molecule has 0 saturated carbocycles. The van der Waals surface area contributed by atoms with Gasteiger partial charge in [-0.2, -0.15) is 5.26 Å². The number of rotatable bonds is 8. The molecule has 0 aliphatic carbocycles. The van der Waals surface area contributed by atoms with Crippen LogP contribution in [0.1, 0.15) is 17.5 Å². The highest BCUT2D eigenvalue weighted by atomic mass is 32.2. The molecule has 0 heterocycles. The van der Waals surface area contributed by atoms with Gasteiger partial charge in [-0.05, 0) is 30.5 Å². The second kappa shape index (κ2) is 8.97. The lowest BCUT2D eigenvalue weighted by Gasteiger charge is -2.09. The van der Waals surface area contributed by atoms with E-state index in [1.54, 1.807) is 24.3 Å². The highest BCUT2D eigenvalue weighted by Gasteiger charge is 2.13. The minimum atomic E-state index is -3.53. The number of benzene rings is 2. The maximum atomic E-state index is 12.0. The number of sulfonamides is 1. The fourth-order valence-corrected chi connectivity index (χ4v) is 3.26. The first-order valence-electron chi connectivity index (χ1n) is 7.80. The molecule has 25 heavy (non-hydrogen) atoms. The topological polar surface area (TPSA) is 99.1 Å². The Labute approximate surface area is 147 Å². The summed E-state index contributed by atoms with van der Waals surface area (Å²) in [7, 11) is -3.53. The fourth-order valence-electron chi connectivity index (χ4n) is 2.24. The number of carbonyl (C=O) groups is 1. The average Bonchev–Trinajstić information content (AvgIpc) is 2.61. The van der Waals surface area contributed by atoms with Crippen LogP contribution in [0, 0.1) is 11.3 Å². The van der Waals surface area contributed by atoms with E-state index >= 15 is 0 Å². The molecule has 0 bridgehead atoms. The maximum absolute atomic E-state index is 12.0. The molecule has 0 radical (unpaired) electrons. The van der Waals surface area contributed by atoms with Crippen molar-refractivity contribution in [2.75, 3.05) is 17.6 Å². The van der Waals surface area contributed by atoms with Crippen LogP contribution in [0.15, 0.2) is 54.6 Å². The van der Waals surface area contributed by atoms with Crippen molar-refractivity contribution in [1.29, 1.82) is 5.26 Å². The lowest BCUT2D eigenvalue weighted by atomic mass is 10.1. The summed E-state index contributed by atoms with van der Waals surface area (Å²) < 4.78 is 26.2. The Bertz CT molecular complexity index is 859. The number of para-hydroxylation sites is 1. The highest BCUT2D eigenvalue weighted by molar-refractivity contribution is 7.89. The van der Waals surface area contributed by atoms with Crippen molar-refractivity contribution >= 4 is 21.6 Å². The molecule has 6 nitrogen and oxygen atoms in total. The van der Waals surface area contributed by atoms with Crippen LogP contribution in [0.3, 0.4) is 0 Å². The number of amides is 1. The molecule has 2 aromatic rings. The van der Waals surface area contributed by atoms with E-state index < -0.39 is 15.9 Å². The summed E-state index contributed by atoms with van der Waals surface area (Å²) in [4.78, 5) is 11.9. The summed E-state index contributed by atoms with van der Waals surface area (Å²) in [6.07, 6.45) is 1.13. The van der Waals surface area contributed by atoms with Crippen LogP contribution >= 0.6 is 0 Å². The number of nitriles is 1. The summed E-state index contributed by atoms with van der Waals surface area (Å²) >= 11 is 0. The van der Waals surface area contributed by atoms with Crippen molar-refractivity contribution < 1.29 is 13.2 Å². The second-order valence-corrected chi connectivity index (χ2v) is 7.36. The van der Waals surface area contributed by atoms with Gasteiger partial charge in [-0.15, -0.1) is 0 Å². The van der Waals surface area contributed by atoms with Crippen molar-refractivity contribution in [2.24, 2.45) is 0 Å². The molecule has 0 aliphatic heterocycles.